The van der Waals surface area contributed by atoms with Crippen molar-refractivity contribution in [3.63, 3.8) is 0 Å². The van der Waals surface area contributed by atoms with Gasteiger partial charge in [-0.1, -0.05) is 0 Å². The molecule has 0 fully saturated rings. The van der Waals surface area contributed by atoms with E-state index in [4.69, 9.17) is 0 Å². The fraction of sp³-hybridized carbons (Fsp3) is 0.118. The number of benzene rings is 1. The summed E-state index contributed by atoms with van der Waals surface area (Å²) in [4.78, 5) is 4.40. The number of hydrogen-bond acceptors (Lipinski definition) is 5. The summed E-state index contributed by atoms with van der Waals surface area (Å²) in [5, 5.41) is 15.0. The van der Waals surface area contributed by atoms with Crippen LogP contribution in [0.3, 0.4) is 0 Å². The normalized spacial score (nSPS) is 11.7. The molecule has 4 rings (SSSR count). The Kier molecular flexibility index (Phi) is 3.94. The first-order valence-corrected chi connectivity index (χ1v) is 7.87. The lowest BCUT2D eigenvalue weighted by molar-refractivity contribution is -0.274. The number of H-pyrrole nitrogens is 1. The van der Waals surface area contributed by atoms with Crippen molar-refractivity contribution in [3.8, 4) is 22.6 Å². The van der Waals surface area contributed by atoms with E-state index < -0.39 is 6.36 Å². The molecule has 3 heterocycles. The Bertz CT molecular complexity index is 1070. The number of rotatable bonds is 4. The number of aromatic nitrogens is 5. The van der Waals surface area contributed by atoms with Crippen molar-refractivity contribution in [2.75, 3.05) is 12.4 Å². The largest absolute Gasteiger partial charge is 0.573 e. The molecule has 0 bridgehead atoms. The van der Waals surface area contributed by atoms with E-state index in [-0.39, 0.29) is 5.75 Å². The van der Waals surface area contributed by atoms with Crippen molar-refractivity contribution >= 4 is 16.9 Å². The fourth-order valence-electron chi connectivity index (χ4n) is 2.82. The van der Waals surface area contributed by atoms with E-state index in [9.17, 15) is 13.2 Å². The third-order valence-corrected chi connectivity index (χ3v) is 3.93. The first-order valence-electron chi connectivity index (χ1n) is 7.87. The van der Waals surface area contributed by atoms with Gasteiger partial charge in [-0.05, 0) is 30.3 Å². The van der Waals surface area contributed by atoms with Gasteiger partial charge in [-0.3, -0.25) is 5.10 Å². The molecule has 138 valence electrons. The Hall–Kier alpha value is -3.56. The second-order valence-electron chi connectivity index (χ2n) is 5.60. The van der Waals surface area contributed by atoms with Crippen LogP contribution in [0, 0.1) is 0 Å². The second kappa shape index (κ2) is 6.31. The molecule has 0 saturated heterocycles. The number of nitrogens with zero attached hydrogens (tertiary/aromatic N) is 4. The molecule has 0 aliphatic carbocycles. The molecule has 0 unspecified atom stereocenters. The van der Waals surface area contributed by atoms with Crippen LogP contribution in [0.15, 0.2) is 48.9 Å². The number of fused-ring (bicyclic) bond motifs is 1. The van der Waals surface area contributed by atoms with Crippen molar-refractivity contribution in [3.05, 3.63) is 48.9 Å². The predicted octanol–water partition coefficient (Wildman–Crippen LogP) is 3.75. The molecule has 0 radical (unpaired) electrons. The average Bonchev–Trinajstić information content (AvgIpc) is 3.29. The number of ether oxygens (including phenoxy) is 1. The minimum atomic E-state index is -4.74. The molecule has 0 aliphatic heterocycles. The van der Waals surface area contributed by atoms with Gasteiger partial charge in [0.25, 0.3) is 0 Å². The van der Waals surface area contributed by atoms with Crippen LogP contribution in [0.25, 0.3) is 27.8 Å². The third kappa shape index (κ3) is 3.16. The monoisotopic (exact) mass is 374 g/mol. The van der Waals surface area contributed by atoms with Crippen molar-refractivity contribution in [1.82, 2.24) is 25.0 Å². The van der Waals surface area contributed by atoms with Crippen molar-refractivity contribution < 1.29 is 17.9 Å². The summed E-state index contributed by atoms with van der Waals surface area (Å²) in [6, 6.07) is 7.28. The van der Waals surface area contributed by atoms with Crippen LogP contribution in [-0.2, 0) is 0 Å². The maximum atomic E-state index is 12.3. The van der Waals surface area contributed by atoms with Crippen molar-refractivity contribution in [2.24, 2.45) is 0 Å². The van der Waals surface area contributed by atoms with Gasteiger partial charge in [-0.25, -0.2) is 9.67 Å². The molecule has 27 heavy (non-hydrogen) atoms. The lowest BCUT2D eigenvalue weighted by Gasteiger charge is -2.09. The van der Waals surface area contributed by atoms with Gasteiger partial charge >= 0.3 is 6.36 Å². The molecule has 0 saturated carbocycles. The summed E-state index contributed by atoms with van der Waals surface area (Å²) in [6.07, 6.45) is 0.354. The Morgan fingerprint density at radius 1 is 1.15 bits per heavy atom. The highest BCUT2D eigenvalue weighted by Gasteiger charge is 2.31. The van der Waals surface area contributed by atoms with Gasteiger partial charge in [0.15, 0.2) is 11.5 Å². The van der Waals surface area contributed by atoms with Crippen LogP contribution >= 0.6 is 0 Å². The zero-order valence-corrected chi connectivity index (χ0v) is 13.9. The molecule has 7 nitrogen and oxygen atoms in total. The lowest BCUT2D eigenvalue weighted by atomic mass is 10.1. The summed E-state index contributed by atoms with van der Waals surface area (Å²) in [7, 11) is 1.73. The molecule has 4 aromatic rings. The smallest absolute Gasteiger partial charge is 0.406 e. The lowest BCUT2D eigenvalue weighted by Crippen LogP contribution is -2.17. The second-order valence-corrected chi connectivity index (χ2v) is 5.60. The Balaban J connectivity index is 1.82. The number of alkyl halides is 3. The standard InChI is InChI=1S/C17H13F3N6O/c1-21-15-14-13(10-8-23-24-9-10)6-7-22-16(14)26(25-15)11-2-4-12(5-3-11)27-17(18,19)20/h2-9H,1H3,(H,21,25)(H,23,24). The predicted molar refractivity (Wildman–Crippen MR) is 92.7 cm³/mol. The van der Waals surface area contributed by atoms with Crippen LogP contribution in [0.2, 0.25) is 0 Å². The molecule has 0 atom stereocenters. The number of nitrogens with one attached hydrogen (secondary N) is 2. The zero-order chi connectivity index (χ0) is 19.0. The Morgan fingerprint density at radius 3 is 2.56 bits per heavy atom. The molecular weight excluding hydrogens is 361 g/mol. The van der Waals surface area contributed by atoms with Crippen LogP contribution in [0.1, 0.15) is 0 Å². The molecular formula is C17H13F3N6O. The van der Waals surface area contributed by atoms with Crippen LogP contribution < -0.4 is 10.1 Å². The minimum absolute atomic E-state index is 0.302. The van der Waals surface area contributed by atoms with E-state index in [1.807, 2.05) is 6.07 Å². The van der Waals surface area contributed by atoms with Crippen molar-refractivity contribution in [1.29, 1.82) is 0 Å². The van der Waals surface area contributed by atoms with Gasteiger partial charge < -0.3 is 10.1 Å². The number of hydrogen-bond donors (Lipinski definition) is 2. The van der Waals surface area contributed by atoms with E-state index in [0.717, 1.165) is 16.5 Å². The quantitative estimate of drug-likeness (QED) is 0.569. The molecule has 3 aromatic heterocycles. The highest BCUT2D eigenvalue weighted by atomic mass is 19.4. The minimum Gasteiger partial charge on any atom is -0.406 e. The Morgan fingerprint density at radius 2 is 1.93 bits per heavy atom. The molecule has 1 aromatic carbocycles. The average molecular weight is 374 g/mol. The van der Waals surface area contributed by atoms with Gasteiger partial charge in [0.2, 0.25) is 0 Å². The molecule has 10 heteroatoms. The first-order chi connectivity index (χ1) is 13.0. The highest BCUT2D eigenvalue weighted by molar-refractivity contribution is 6.01. The molecule has 0 amide bonds. The van der Waals surface area contributed by atoms with E-state index >= 15 is 0 Å². The summed E-state index contributed by atoms with van der Waals surface area (Å²) in [6.45, 7) is 0. The van der Waals surface area contributed by atoms with Gasteiger partial charge in [-0.15, -0.1) is 18.3 Å². The van der Waals surface area contributed by atoms with Gasteiger partial charge in [0.1, 0.15) is 5.75 Å². The maximum Gasteiger partial charge on any atom is 0.573 e. The van der Waals surface area contributed by atoms with Crippen molar-refractivity contribution in [2.45, 2.75) is 6.36 Å². The van der Waals surface area contributed by atoms with Crippen LogP contribution in [0.4, 0.5) is 19.0 Å². The summed E-state index contributed by atoms with van der Waals surface area (Å²) >= 11 is 0. The molecule has 0 aliphatic rings. The number of anilines is 1. The molecule has 2 N–H and O–H groups in total. The van der Waals surface area contributed by atoms with Gasteiger partial charge in [0, 0.05) is 30.6 Å². The summed E-state index contributed by atoms with van der Waals surface area (Å²) < 4.78 is 42.5. The molecule has 0 spiro atoms. The number of aromatic amines is 1. The van der Waals surface area contributed by atoms with Gasteiger partial charge in [0.05, 0.1) is 17.3 Å². The highest BCUT2D eigenvalue weighted by Crippen LogP contribution is 2.33. The zero-order valence-electron chi connectivity index (χ0n) is 13.9. The number of halogens is 3. The van der Waals surface area contributed by atoms with Gasteiger partial charge in [-0.2, -0.15) is 5.10 Å². The number of pyridine rings is 1. The summed E-state index contributed by atoms with van der Waals surface area (Å²) in [5.74, 6) is 0.286. The maximum absolute atomic E-state index is 12.3. The van der Waals surface area contributed by atoms with E-state index in [2.05, 4.69) is 30.3 Å². The Labute approximate surface area is 150 Å². The van der Waals surface area contributed by atoms with E-state index in [1.54, 1.807) is 30.3 Å². The third-order valence-electron chi connectivity index (χ3n) is 3.93. The van der Waals surface area contributed by atoms with Crippen LogP contribution in [0.5, 0.6) is 5.75 Å². The fourth-order valence-corrected chi connectivity index (χ4v) is 2.82. The first kappa shape index (κ1) is 16.9. The SMILES string of the molecule is CNc1nn(-c2ccc(OC(F)(F)F)cc2)c2nccc(-c3cn[nH]c3)c12. The van der Waals surface area contributed by atoms with E-state index in [1.165, 1.54) is 24.3 Å². The summed E-state index contributed by atoms with van der Waals surface area (Å²) in [5.41, 5.74) is 2.85. The van der Waals surface area contributed by atoms with E-state index in [0.29, 0.717) is 17.2 Å². The topological polar surface area (TPSA) is 80.7 Å². The van der Waals surface area contributed by atoms with Crippen LogP contribution in [-0.4, -0.2) is 38.4 Å².